The van der Waals surface area contributed by atoms with Crippen LogP contribution in [0.1, 0.15) is 72.2 Å². The largest absolute Gasteiger partial charge is 0.372 e. The lowest BCUT2D eigenvalue weighted by Gasteiger charge is -2.36. The van der Waals surface area contributed by atoms with E-state index in [0.29, 0.717) is 35.1 Å². The van der Waals surface area contributed by atoms with Gasteiger partial charge in [0.1, 0.15) is 5.00 Å². The third-order valence-corrected chi connectivity index (χ3v) is 7.84. The zero-order valence-corrected chi connectivity index (χ0v) is 20.6. The molecule has 0 saturated carbocycles. The monoisotopic (exact) mass is 454 g/mol. The predicted molar refractivity (Wildman–Crippen MR) is 130 cm³/mol. The van der Waals surface area contributed by atoms with Crippen LogP contribution in [0.5, 0.6) is 0 Å². The average molecular weight is 455 g/mol. The molecule has 1 aliphatic heterocycles. The lowest BCUT2D eigenvalue weighted by atomic mass is 9.72. The van der Waals surface area contributed by atoms with Gasteiger partial charge in [-0.2, -0.15) is 0 Å². The molecule has 172 valence electrons. The number of ether oxygens (including phenoxy) is 1. The summed E-state index contributed by atoms with van der Waals surface area (Å²) in [5.74, 6) is 0.411. The smallest absolute Gasteiger partial charge is 0.257 e. The van der Waals surface area contributed by atoms with Gasteiger partial charge in [-0.1, -0.05) is 39.0 Å². The SMILES string of the molecule is C[C@@H]1CN(C(=O)c2c(NC(=O)c3ccccc3)sc3c2CC[C@@H](C(C)(C)C)C3)C[C@H](C)O1. The van der Waals surface area contributed by atoms with E-state index in [1.165, 1.54) is 4.88 Å². The van der Waals surface area contributed by atoms with Crippen LogP contribution in [0.25, 0.3) is 0 Å². The van der Waals surface area contributed by atoms with Gasteiger partial charge in [0.15, 0.2) is 0 Å². The zero-order valence-electron chi connectivity index (χ0n) is 19.7. The van der Waals surface area contributed by atoms with E-state index in [2.05, 4.69) is 26.1 Å². The highest BCUT2D eigenvalue weighted by Crippen LogP contribution is 2.45. The number of hydrogen-bond acceptors (Lipinski definition) is 4. The quantitative estimate of drug-likeness (QED) is 0.675. The van der Waals surface area contributed by atoms with E-state index in [1.54, 1.807) is 23.5 Å². The molecule has 0 unspecified atom stereocenters. The van der Waals surface area contributed by atoms with Crippen molar-refractivity contribution in [3.05, 3.63) is 51.9 Å². The van der Waals surface area contributed by atoms with Gasteiger partial charge in [0.25, 0.3) is 11.8 Å². The minimum Gasteiger partial charge on any atom is -0.372 e. The summed E-state index contributed by atoms with van der Waals surface area (Å²) in [6.07, 6.45) is 2.91. The van der Waals surface area contributed by atoms with Gasteiger partial charge in [0.2, 0.25) is 0 Å². The summed E-state index contributed by atoms with van der Waals surface area (Å²) in [5, 5.41) is 3.77. The number of rotatable bonds is 3. The van der Waals surface area contributed by atoms with E-state index in [1.807, 2.05) is 36.9 Å². The topological polar surface area (TPSA) is 58.6 Å². The third-order valence-electron chi connectivity index (χ3n) is 6.67. The second-order valence-corrected chi connectivity index (χ2v) is 11.4. The molecule has 6 heteroatoms. The fraction of sp³-hybridized carbons (Fsp3) is 0.538. The van der Waals surface area contributed by atoms with E-state index in [0.717, 1.165) is 24.8 Å². The van der Waals surface area contributed by atoms with Crippen molar-refractivity contribution in [3.8, 4) is 0 Å². The van der Waals surface area contributed by atoms with Crippen molar-refractivity contribution in [2.24, 2.45) is 11.3 Å². The number of nitrogens with zero attached hydrogens (tertiary/aromatic N) is 1. The first-order valence-corrected chi connectivity index (χ1v) is 12.4. The number of anilines is 1. The Morgan fingerprint density at radius 2 is 1.75 bits per heavy atom. The molecule has 0 radical (unpaired) electrons. The molecule has 2 aliphatic rings. The number of carbonyl (C=O) groups is 2. The molecular weight excluding hydrogens is 420 g/mol. The molecule has 32 heavy (non-hydrogen) atoms. The molecule has 1 fully saturated rings. The van der Waals surface area contributed by atoms with Gasteiger partial charge in [0.05, 0.1) is 17.8 Å². The second kappa shape index (κ2) is 8.99. The molecular formula is C26H34N2O3S. The molecule has 1 aliphatic carbocycles. The number of hydrogen-bond donors (Lipinski definition) is 1. The van der Waals surface area contributed by atoms with Crippen molar-refractivity contribution in [1.29, 1.82) is 0 Å². The predicted octanol–water partition coefficient (Wildman–Crippen LogP) is 5.40. The molecule has 3 atom stereocenters. The normalized spacial score (nSPS) is 23.5. The van der Waals surface area contributed by atoms with Gasteiger partial charge in [-0.15, -0.1) is 11.3 Å². The lowest BCUT2D eigenvalue weighted by molar-refractivity contribution is -0.0586. The Morgan fingerprint density at radius 3 is 2.38 bits per heavy atom. The fourth-order valence-electron chi connectivity index (χ4n) is 4.91. The molecule has 1 saturated heterocycles. The Bertz CT molecular complexity index is 982. The molecule has 2 amide bonds. The summed E-state index contributed by atoms with van der Waals surface area (Å²) in [6, 6.07) is 9.19. The van der Waals surface area contributed by atoms with E-state index in [-0.39, 0.29) is 29.4 Å². The van der Waals surface area contributed by atoms with Crippen LogP contribution in [0.4, 0.5) is 5.00 Å². The van der Waals surface area contributed by atoms with Crippen molar-refractivity contribution in [3.63, 3.8) is 0 Å². The second-order valence-electron chi connectivity index (χ2n) is 10.3. The van der Waals surface area contributed by atoms with Crippen LogP contribution in [0, 0.1) is 11.3 Å². The van der Waals surface area contributed by atoms with Crippen LogP contribution in [-0.4, -0.2) is 42.0 Å². The summed E-state index contributed by atoms with van der Waals surface area (Å²) in [4.78, 5) is 29.9. The van der Waals surface area contributed by atoms with E-state index in [4.69, 9.17) is 4.74 Å². The molecule has 2 aromatic rings. The Hall–Kier alpha value is -2.18. The molecule has 4 rings (SSSR count). The molecule has 5 nitrogen and oxygen atoms in total. The van der Waals surface area contributed by atoms with Gasteiger partial charge in [-0.25, -0.2) is 0 Å². The van der Waals surface area contributed by atoms with E-state index >= 15 is 0 Å². The fourth-order valence-corrected chi connectivity index (χ4v) is 6.22. The standard InChI is InChI=1S/C26H34N2O3S/c1-16-14-28(15-17(2)31-16)25(30)22-20-12-11-19(26(3,4)5)13-21(20)32-24(22)27-23(29)18-9-7-6-8-10-18/h6-10,16-17,19H,11-15H2,1-5H3,(H,27,29)/t16-,17+,19-/m1/s1. The van der Waals surface area contributed by atoms with Crippen LogP contribution in [0.3, 0.4) is 0 Å². The Labute approximate surface area is 195 Å². The number of nitrogens with one attached hydrogen (secondary N) is 1. The average Bonchev–Trinajstić information content (AvgIpc) is 3.09. The van der Waals surface area contributed by atoms with Gasteiger partial charge < -0.3 is 15.0 Å². The van der Waals surface area contributed by atoms with Crippen molar-refractivity contribution < 1.29 is 14.3 Å². The first kappa shape index (κ1) is 23.0. The highest BCUT2D eigenvalue weighted by molar-refractivity contribution is 7.17. The molecule has 2 heterocycles. The first-order valence-electron chi connectivity index (χ1n) is 11.6. The van der Waals surface area contributed by atoms with Crippen molar-refractivity contribution >= 4 is 28.2 Å². The van der Waals surface area contributed by atoms with Crippen LogP contribution in [0.15, 0.2) is 30.3 Å². The van der Waals surface area contributed by atoms with Gasteiger partial charge in [0, 0.05) is 23.5 Å². The van der Waals surface area contributed by atoms with Crippen LogP contribution >= 0.6 is 11.3 Å². The molecule has 1 aromatic carbocycles. The highest BCUT2D eigenvalue weighted by atomic mass is 32.1. The summed E-state index contributed by atoms with van der Waals surface area (Å²) >= 11 is 1.59. The third kappa shape index (κ3) is 4.76. The summed E-state index contributed by atoms with van der Waals surface area (Å²) < 4.78 is 5.84. The minimum atomic E-state index is -0.172. The van der Waals surface area contributed by atoms with Crippen molar-refractivity contribution in [2.75, 3.05) is 18.4 Å². The van der Waals surface area contributed by atoms with E-state index < -0.39 is 0 Å². The lowest BCUT2D eigenvalue weighted by Crippen LogP contribution is -2.48. The maximum Gasteiger partial charge on any atom is 0.257 e. The summed E-state index contributed by atoms with van der Waals surface area (Å²) in [6.45, 7) is 12.0. The Balaban J connectivity index is 1.69. The van der Waals surface area contributed by atoms with Crippen LogP contribution < -0.4 is 5.32 Å². The number of morpholine rings is 1. The summed E-state index contributed by atoms with van der Waals surface area (Å²) in [5.41, 5.74) is 2.64. The van der Waals surface area contributed by atoms with Gasteiger partial charge >= 0.3 is 0 Å². The maximum absolute atomic E-state index is 13.8. The number of benzene rings is 1. The first-order chi connectivity index (χ1) is 15.1. The maximum atomic E-state index is 13.8. The number of amides is 2. The molecule has 0 spiro atoms. The van der Waals surface area contributed by atoms with Crippen LogP contribution in [0.2, 0.25) is 0 Å². The van der Waals surface area contributed by atoms with Gasteiger partial charge in [-0.05, 0) is 62.1 Å². The highest BCUT2D eigenvalue weighted by Gasteiger charge is 2.36. The minimum absolute atomic E-state index is 0.00444. The van der Waals surface area contributed by atoms with Crippen molar-refractivity contribution in [2.45, 2.75) is 66.1 Å². The number of carbonyl (C=O) groups excluding carboxylic acids is 2. The molecule has 1 aromatic heterocycles. The Morgan fingerprint density at radius 1 is 1.09 bits per heavy atom. The van der Waals surface area contributed by atoms with Gasteiger partial charge in [-0.3, -0.25) is 9.59 Å². The number of thiophene rings is 1. The summed E-state index contributed by atoms with van der Waals surface area (Å²) in [7, 11) is 0. The van der Waals surface area contributed by atoms with E-state index in [9.17, 15) is 9.59 Å². The zero-order chi connectivity index (χ0) is 23.0. The van der Waals surface area contributed by atoms with Crippen LogP contribution in [-0.2, 0) is 17.6 Å². The Kier molecular flexibility index (Phi) is 6.46. The molecule has 0 bridgehead atoms. The molecule has 1 N–H and O–H groups in total. The number of fused-ring (bicyclic) bond motifs is 1. The van der Waals surface area contributed by atoms with Crippen molar-refractivity contribution in [1.82, 2.24) is 4.90 Å².